The molecule has 0 radical (unpaired) electrons. The molecule has 16 heavy (non-hydrogen) atoms. The molecular weight excluding hydrogens is 198 g/mol. The molecule has 0 unspecified atom stereocenters. The zero-order valence-electron chi connectivity index (χ0n) is 10.0. The number of H-pyrrole nitrogens is 1. The Labute approximate surface area is 96.5 Å². The van der Waals surface area contributed by atoms with E-state index in [1.165, 1.54) is 12.8 Å². The first kappa shape index (κ1) is 11.1. The molecule has 1 heterocycles. The van der Waals surface area contributed by atoms with Crippen LogP contribution in [0.25, 0.3) is 11.0 Å². The minimum Gasteiger partial charge on any atom is -0.341 e. The average molecular weight is 217 g/mol. The first-order valence-corrected chi connectivity index (χ1v) is 5.91. The van der Waals surface area contributed by atoms with E-state index < -0.39 is 0 Å². The number of hydrogen-bond donors (Lipinski definition) is 1. The van der Waals surface area contributed by atoms with Gasteiger partial charge in [0.05, 0.1) is 17.6 Å². The van der Waals surface area contributed by atoms with Gasteiger partial charge in [0.2, 0.25) is 0 Å². The zero-order valence-corrected chi connectivity index (χ0v) is 10.0. The van der Waals surface area contributed by atoms with Gasteiger partial charge < -0.3 is 4.98 Å². The quantitative estimate of drug-likeness (QED) is 0.835. The Bertz CT molecular complexity index is 414. The summed E-state index contributed by atoms with van der Waals surface area (Å²) in [5, 5.41) is 0. The molecule has 0 amide bonds. The number of aromatic nitrogens is 2. The molecule has 0 aliphatic heterocycles. The summed E-state index contributed by atoms with van der Waals surface area (Å²) in [4.78, 5) is 10.2. The highest BCUT2D eigenvalue weighted by Crippen LogP contribution is 2.11. The first-order chi connectivity index (χ1) is 7.79. The second-order valence-corrected chi connectivity index (χ2v) is 4.29. The summed E-state index contributed by atoms with van der Waals surface area (Å²) in [6.45, 7) is 4.25. The van der Waals surface area contributed by atoms with Crippen molar-refractivity contribution in [2.24, 2.45) is 0 Å². The number of unbranched alkanes of at least 4 members (excludes halogenated alkanes) is 1. The molecule has 0 atom stereocenters. The molecule has 0 saturated carbocycles. The van der Waals surface area contributed by atoms with Crippen LogP contribution < -0.4 is 0 Å². The van der Waals surface area contributed by atoms with Gasteiger partial charge in [0.25, 0.3) is 0 Å². The molecule has 2 aromatic rings. The van der Waals surface area contributed by atoms with Gasteiger partial charge in [0, 0.05) is 0 Å². The van der Waals surface area contributed by atoms with Crippen molar-refractivity contribution in [3.05, 3.63) is 30.1 Å². The smallest absolute Gasteiger partial charge is 0.121 e. The molecule has 3 heteroatoms. The van der Waals surface area contributed by atoms with Crippen LogP contribution in [0.4, 0.5) is 0 Å². The van der Waals surface area contributed by atoms with Crippen molar-refractivity contribution in [2.75, 3.05) is 13.6 Å². The van der Waals surface area contributed by atoms with Crippen LogP contribution in [0, 0.1) is 0 Å². The summed E-state index contributed by atoms with van der Waals surface area (Å²) in [6, 6.07) is 8.16. The monoisotopic (exact) mass is 217 g/mol. The molecule has 86 valence electrons. The summed E-state index contributed by atoms with van der Waals surface area (Å²) in [5.41, 5.74) is 2.18. The second kappa shape index (κ2) is 5.12. The fraction of sp³-hybridized carbons (Fsp3) is 0.462. The number of rotatable bonds is 5. The topological polar surface area (TPSA) is 31.9 Å². The predicted molar refractivity (Wildman–Crippen MR) is 67.3 cm³/mol. The third-order valence-corrected chi connectivity index (χ3v) is 2.75. The number of aromatic amines is 1. The van der Waals surface area contributed by atoms with E-state index in [2.05, 4.69) is 34.9 Å². The third kappa shape index (κ3) is 2.61. The van der Waals surface area contributed by atoms with Crippen LogP contribution in [0.15, 0.2) is 24.3 Å². The van der Waals surface area contributed by atoms with Gasteiger partial charge in [0.1, 0.15) is 5.82 Å². The average Bonchev–Trinajstić information content (AvgIpc) is 2.68. The van der Waals surface area contributed by atoms with Gasteiger partial charge in [-0.15, -0.1) is 0 Å². The lowest BCUT2D eigenvalue weighted by Crippen LogP contribution is -2.19. The third-order valence-electron chi connectivity index (χ3n) is 2.75. The van der Waals surface area contributed by atoms with E-state index in [-0.39, 0.29) is 0 Å². The van der Waals surface area contributed by atoms with Crippen molar-refractivity contribution in [1.82, 2.24) is 14.9 Å². The summed E-state index contributed by atoms with van der Waals surface area (Å²) < 4.78 is 0. The molecule has 0 aliphatic carbocycles. The number of nitrogens with one attached hydrogen (secondary N) is 1. The number of para-hydroxylation sites is 2. The zero-order chi connectivity index (χ0) is 11.4. The van der Waals surface area contributed by atoms with Crippen molar-refractivity contribution in [1.29, 1.82) is 0 Å². The van der Waals surface area contributed by atoms with Crippen LogP contribution in [-0.4, -0.2) is 28.5 Å². The normalized spacial score (nSPS) is 11.4. The minimum atomic E-state index is 0.898. The van der Waals surface area contributed by atoms with Crippen LogP contribution in [0.5, 0.6) is 0 Å². The molecule has 0 aliphatic rings. The summed E-state index contributed by atoms with van der Waals surface area (Å²) in [6.07, 6.45) is 2.49. The fourth-order valence-corrected chi connectivity index (χ4v) is 1.84. The van der Waals surface area contributed by atoms with Gasteiger partial charge >= 0.3 is 0 Å². The lowest BCUT2D eigenvalue weighted by atomic mass is 10.3. The maximum Gasteiger partial charge on any atom is 0.121 e. The van der Waals surface area contributed by atoms with Crippen LogP contribution >= 0.6 is 0 Å². The molecule has 0 saturated heterocycles. The van der Waals surface area contributed by atoms with E-state index in [9.17, 15) is 0 Å². The number of nitrogens with zero attached hydrogens (tertiary/aromatic N) is 2. The van der Waals surface area contributed by atoms with Crippen LogP contribution in [-0.2, 0) is 6.54 Å². The van der Waals surface area contributed by atoms with Gasteiger partial charge in [-0.25, -0.2) is 4.98 Å². The Morgan fingerprint density at radius 3 is 2.88 bits per heavy atom. The molecule has 1 aromatic carbocycles. The van der Waals surface area contributed by atoms with E-state index in [0.29, 0.717) is 0 Å². The minimum absolute atomic E-state index is 0.898. The van der Waals surface area contributed by atoms with Crippen LogP contribution in [0.1, 0.15) is 25.6 Å². The van der Waals surface area contributed by atoms with Gasteiger partial charge in [-0.2, -0.15) is 0 Å². The largest absolute Gasteiger partial charge is 0.341 e. The first-order valence-electron chi connectivity index (χ1n) is 5.91. The highest BCUT2D eigenvalue weighted by atomic mass is 15.1. The van der Waals surface area contributed by atoms with E-state index in [1.54, 1.807) is 0 Å². The Hall–Kier alpha value is -1.35. The lowest BCUT2D eigenvalue weighted by Gasteiger charge is -2.13. The number of fused-ring (bicyclic) bond motifs is 1. The molecule has 1 N–H and O–H groups in total. The molecular formula is C13H19N3. The van der Waals surface area contributed by atoms with E-state index in [1.807, 2.05) is 18.2 Å². The van der Waals surface area contributed by atoms with Gasteiger partial charge in [-0.05, 0) is 32.1 Å². The standard InChI is InChI=1S/C13H19N3/c1-3-4-9-16(2)10-13-14-11-7-5-6-8-12(11)15-13/h5-8H,3-4,9-10H2,1-2H3,(H,14,15). The van der Waals surface area contributed by atoms with Gasteiger partial charge in [0.15, 0.2) is 0 Å². The number of hydrogen-bond acceptors (Lipinski definition) is 2. The summed E-state index contributed by atoms with van der Waals surface area (Å²) in [7, 11) is 2.14. The Kier molecular flexibility index (Phi) is 3.57. The van der Waals surface area contributed by atoms with Crippen molar-refractivity contribution in [3.63, 3.8) is 0 Å². The predicted octanol–water partition coefficient (Wildman–Crippen LogP) is 2.79. The highest BCUT2D eigenvalue weighted by molar-refractivity contribution is 5.74. The second-order valence-electron chi connectivity index (χ2n) is 4.29. The SMILES string of the molecule is CCCCN(C)Cc1nc2ccccc2[nH]1. The van der Waals surface area contributed by atoms with Gasteiger partial charge in [-0.3, -0.25) is 4.90 Å². The van der Waals surface area contributed by atoms with E-state index in [4.69, 9.17) is 0 Å². The van der Waals surface area contributed by atoms with Gasteiger partial charge in [-0.1, -0.05) is 25.5 Å². The number of imidazole rings is 1. The molecule has 2 rings (SSSR count). The summed E-state index contributed by atoms with van der Waals surface area (Å²) in [5.74, 6) is 1.06. The molecule has 3 nitrogen and oxygen atoms in total. The van der Waals surface area contributed by atoms with Crippen LogP contribution in [0.2, 0.25) is 0 Å². The molecule has 0 bridgehead atoms. The van der Waals surface area contributed by atoms with Crippen molar-refractivity contribution < 1.29 is 0 Å². The van der Waals surface area contributed by atoms with Crippen LogP contribution in [0.3, 0.4) is 0 Å². The van der Waals surface area contributed by atoms with E-state index >= 15 is 0 Å². The molecule has 1 aromatic heterocycles. The lowest BCUT2D eigenvalue weighted by molar-refractivity contribution is 0.314. The highest BCUT2D eigenvalue weighted by Gasteiger charge is 2.04. The summed E-state index contributed by atoms with van der Waals surface area (Å²) >= 11 is 0. The van der Waals surface area contributed by atoms with Crippen molar-refractivity contribution in [3.8, 4) is 0 Å². The van der Waals surface area contributed by atoms with E-state index in [0.717, 1.165) is 29.9 Å². The Balaban J connectivity index is 2.03. The maximum atomic E-state index is 4.56. The maximum absolute atomic E-state index is 4.56. The van der Waals surface area contributed by atoms with Crippen molar-refractivity contribution >= 4 is 11.0 Å². The van der Waals surface area contributed by atoms with Crippen molar-refractivity contribution in [2.45, 2.75) is 26.3 Å². The molecule has 0 spiro atoms. The fourth-order valence-electron chi connectivity index (χ4n) is 1.84. The Morgan fingerprint density at radius 2 is 2.12 bits per heavy atom. The Morgan fingerprint density at radius 1 is 1.31 bits per heavy atom. The number of benzene rings is 1. The molecule has 0 fully saturated rings.